The van der Waals surface area contributed by atoms with Crippen LogP contribution in [0.1, 0.15) is 12.8 Å². The summed E-state index contributed by atoms with van der Waals surface area (Å²) in [6, 6.07) is 10.5. The van der Waals surface area contributed by atoms with Crippen molar-refractivity contribution in [1.29, 1.82) is 0 Å². The van der Waals surface area contributed by atoms with Gasteiger partial charge >= 0.3 is 0 Å². The maximum absolute atomic E-state index is 5.52. The molecule has 0 radical (unpaired) electrons. The highest BCUT2D eigenvalue weighted by Gasteiger charge is 2.18. The van der Waals surface area contributed by atoms with Crippen LogP contribution in [0.2, 0.25) is 0 Å². The Balaban J connectivity index is 1.93. The van der Waals surface area contributed by atoms with Gasteiger partial charge in [0, 0.05) is 19.6 Å². The number of thiazole rings is 1. The predicted molar refractivity (Wildman–Crippen MR) is 85.0 cm³/mol. The van der Waals surface area contributed by atoms with Gasteiger partial charge in [0.25, 0.3) is 0 Å². The number of hydrogen-bond acceptors (Lipinski definition) is 4. The number of nitrogens with two attached hydrogens (primary N) is 1. The molecule has 20 heavy (non-hydrogen) atoms. The fraction of sp³-hybridized carbons (Fsp3) is 0.400. The first-order chi connectivity index (χ1) is 9.90. The number of benzene rings is 1. The van der Waals surface area contributed by atoms with Crippen LogP contribution >= 0.6 is 11.3 Å². The van der Waals surface area contributed by atoms with Crippen LogP contribution in [0.25, 0.3) is 10.4 Å². The van der Waals surface area contributed by atoms with E-state index in [2.05, 4.69) is 40.2 Å². The summed E-state index contributed by atoms with van der Waals surface area (Å²) in [6.07, 6.45) is 2.11. The third-order valence-electron chi connectivity index (χ3n) is 3.43. The molecule has 1 aromatic carbocycles. The number of nitrogens with zero attached hydrogens (tertiary/aromatic N) is 2. The Morgan fingerprint density at radius 3 is 2.90 bits per heavy atom. The molecule has 4 nitrogen and oxygen atoms in total. The van der Waals surface area contributed by atoms with E-state index in [-0.39, 0.29) is 0 Å². The lowest BCUT2D eigenvalue weighted by molar-refractivity contribution is 0.719. The van der Waals surface area contributed by atoms with Crippen molar-refractivity contribution in [3.63, 3.8) is 0 Å². The molecule has 0 atom stereocenters. The first-order valence-electron chi connectivity index (χ1n) is 7.13. The second-order valence-electron chi connectivity index (χ2n) is 4.88. The topological polar surface area (TPSA) is 55.3 Å². The molecule has 5 heteroatoms. The largest absolute Gasteiger partial charge is 0.368 e. The summed E-state index contributed by atoms with van der Waals surface area (Å²) in [5.74, 6) is 1.22. The first-order valence-corrected chi connectivity index (χ1v) is 7.95. The molecule has 0 aliphatic carbocycles. The van der Waals surface area contributed by atoms with E-state index in [9.17, 15) is 0 Å². The molecular weight excluding hydrogens is 268 g/mol. The van der Waals surface area contributed by atoms with Crippen molar-refractivity contribution in [3.8, 4) is 10.4 Å². The Morgan fingerprint density at radius 2 is 2.10 bits per heavy atom. The van der Waals surface area contributed by atoms with Crippen molar-refractivity contribution in [2.75, 3.05) is 25.0 Å². The van der Waals surface area contributed by atoms with Gasteiger partial charge in [-0.05, 0) is 24.9 Å². The fourth-order valence-corrected chi connectivity index (χ4v) is 3.58. The number of anilines is 1. The van der Waals surface area contributed by atoms with Crippen molar-refractivity contribution in [3.05, 3.63) is 35.1 Å². The molecular formula is C15H20N4S. The monoisotopic (exact) mass is 288 g/mol. The molecule has 0 amide bonds. The van der Waals surface area contributed by atoms with Gasteiger partial charge in [-0.2, -0.15) is 0 Å². The SMILES string of the molecule is NCCCCN=c1sc(-c2ccccc2)c2n1CCN2. The number of nitrogens with one attached hydrogen (secondary N) is 1. The maximum Gasteiger partial charge on any atom is 0.187 e. The van der Waals surface area contributed by atoms with Crippen LogP contribution in [0.15, 0.2) is 35.3 Å². The van der Waals surface area contributed by atoms with Gasteiger partial charge in [0.2, 0.25) is 0 Å². The highest BCUT2D eigenvalue weighted by Crippen LogP contribution is 2.32. The Morgan fingerprint density at radius 1 is 1.25 bits per heavy atom. The molecule has 0 saturated carbocycles. The normalized spacial score (nSPS) is 14.3. The zero-order valence-corrected chi connectivity index (χ0v) is 12.3. The Hall–Kier alpha value is -1.59. The van der Waals surface area contributed by atoms with Crippen molar-refractivity contribution >= 4 is 17.2 Å². The van der Waals surface area contributed by atoms with Crippen LogP contribution in [0.5, 0.6) is 0 Å². The lowest BCUT2D eigenvalue weighted by Crippen LogP contribution is -2.13. The van der Waals surface area contributed by atoms with Crippen LogP contribution in [0.4, 0.5) is 5.82 Å². The molecule has 1 aliphatic heterocycles. The minimum atomic E-state index is 0.752. The summed E-state index contributed by atoms with van der Waals surface area (Å²) in [5.41, 5.74) is 6.79. The summed E-state index contributed by atoms with van der Waals surface area (Å²) < 4.78 is 2.30. The smallest absolute Gasteiger partial charge is 0.187 e. The van der Waals surface area contributed by atoms with E-state index >= 15 is 0 Å². The van der Waals surface area contributed by atoms with E-state index in [0.717, 1.165) is 43.8 Å². The molecule has 106 valence electrons. The van der Waals surface area contributed by atoms with Crippen LogP contribution in [-0.2, 0) is 6.54 Å². The molecule has 1 aliphatic rings. The molecule has 2 aromatic rings. The molecule has 3 rings (SSSR count). The van der Waals surface area contributed by atoms with Crippen molar-refractivity contribution in [2.24, 2.45) is 10.7 Å². The van der Waals surface area contributed by atoms with E-state index in [1.807, 2.05) is 0 Å². The molecule has 0 bridgehead atoms. The zero-order chi connectivity index (χ0) is 13.8. The fourth-order valence-electron chi connectivity index (χ4n) is 2.42. The summed E-state index contributed by atoms with van der Waals surface area (Å²) in [7, 11) is 0. The molecule has 0 spiro atoms. The number of hydrogen-bond donors (Lipinski definition) is 2. The predicted octanol–water partition coefficient (Wildman–Crippen LogP) is 2.28. The summed E-state index contributed by atoms with van der Waals surface area (Å²) >= 11 is 1.78. The zero-order valence-electron chi connectivity index (χ0n) is 11.5. The quantitative estimate of drug-likeness (QED) is 0.829. The standard InChI is InChI=1S/C15H20N4S/c16-8-4-5-9-18-15-19-11-10-17-14(19)13(20-15)12-6-2-1-3-7-12/h1-3,6-7,17H,4-5,8-11,16H2. The highest BCUT2D eigenvalue weighted by molar-refractivity contribution is 7.13. The number of unbranched alkanes of at least 4 members (excludes halogenated alkanes) is 1. The summed E-state index contributed by atoms with van der Waals surface area (Å²) in [6.45, 7) is 3.62. The van der Waals surface area contributed by atoms with Crippen LogP contribution in [-0.4, -0.2) is 24.2 Å². The van der Waals surface area contributed by atoms with Gasteiger partial charge in [-0.15, -0.1) is 0 Å². The number of aromatic nitrogens is 1. The third kappa shape index (κ3) is 2.64. The molecule has 0 saturated heterocycles. The molecule has 0 fully saturated rings. The van der Waals surface area contributed by atoms with Crippen molar-refractivity contribution in [2.45, 2.75) is 19.4 Å². The summed E-state index contributed by atoms with van der Waals surface area (Å²) in [5, 5.41) is 3.48. The van der Waals surface area contributed by atoms with Crippen molar-refractivity contribution in [1.82, 2.24) is 4.57 Å². The number of rotatable bonds is 5. The van der Waals surface area contributed by atoms with E-state index in [0.29, 0.717) is 0 Å². The summed E-state index contributed by atoms with van der Waals surface area (Å²) in [4.78, 5) is 7.17. The van der Waals surface area contributed by atoms with Gasteiger partial charge in [0.1, 0.15) is 5.82 Å². The lowest BCUT2D eigenvalue weighted by atomic mass is 10.2. The van der Waals surface area contributed by atoms with Gasteiger partial charge in [0.05, 0.1) is 4.88 Å². The number of fused-ring (bicyclic) bond motifs is 1. The van der Waals surface area contributed by atoms with Crippen LogP contribution in [0, 0.1) is 0 Å². The Kier molecular flexibility index (Phi) is 4.18. The lowest BCUT2D eigenvalue weighted by Gasteiger charge is -2.00. The van der Waals surface area contributed by atoms with Gasteiger partial charge in [0.15, 0.2) is 4.80 Å². The third-order valence-corrected chi connectivity index (χ3v) is 4.60. The molecule has 2 heterocycles. The Labute approximate surface area is 123 Å². The highest BCUT2D eigenvalue weighted by atomic mass is 32.1. The van der Waals surface area contributed by atoms with E-state index in [4.69, 9.17) is 10.7 Å². The van der Waals surface area contributed by atoms with Gasteiger partial charge in [-0.1, -0.05) is 41.7 Å². The van der Waals surface area contributed by atoms with Crippen LogP contribution in [0.3, 0.4) is 0 Å². The van der Waals surface area contributed by atoms with Gasteiger partial charge < -0.3 is 15.6 Å². The second kappa shape index (κ2) is 6.24. The average molecular weight is 288 g/mol. The van der Waals surface area contributed by atoms with E-state index in [1.165, 1.54) is 16.3 Å². The van der Waals surface area contributed by atoms with Gasteiger partial charge in [-0.3, -0.25) is 4.99 Å². The minimum Gasteiger partial charge on any atom is -0.368 e. The van der Waals surface area contributed by atoms with E-state index in [1.54, 1.807) is 11.3 Å². The van der Waals surface area contributed by atoms with Crippen molar-refractivity contribution < 1.29 is 0 Å². The minimum absolute atomic E-state index is 0.752. The first kappa shape index (κ1) is 13.4. The van der Waals surface area contributed by atoms with Crippen LogP contribution < -0.4 is 15.9 Å². The van der Waals surface area contributed by atoms with E-state index < -0.39 is 0 Å². The second-order valence-corrected chi connectivity index (χ2v) is 5.86. The molecule has 3 N–H and O–H groups in total. The average Bonchev–Trinajstić information content (AvgIpc) is 3.07. The molecule has 0 unspecified atom stereocenters. The molecule has 1 aromatic heterocycles. The maximum atomic E-state index is 5.52. The Bertz CT molecular complexity index is 627. The van der Waals surface area contributed by atoms with Gasteiger partial charge in [-0.25, -0.2) is 0 Å².